The van der Waals surface area contributed by atoms with Crippen molar-refractivity contribution < 1.29 is 13.9 Å². The molecule has 0 radical (unpaired) electrons. The van der Waals surface area contributed by atoms with Crippen molar-refractivity contribution in [3.05, 3.63) is 23.5 Å². The molecule has 0 amide bonds. The number of halogens is 1. The molecule has 94 valence electrons. The lowest BCUT2D eigenvalue weighted by Crippen LogP contribution is -2.27. The Kier molecular flexibility index (Phi) is 3.84. The van der Waals surface area contributed by atoms with Crippen molar-refractivity contribution in [1.82, 2.24) is 5.32 Å². The summed E-state index contributed by atoms with van der Waals surface area (Å²) in [5, 5.41) is 3.33. The van der Waals surface area contributed by atoms with Crippen LogP contribution in [-0.4, -0.2) is 20.8 Å². The van der Waals surface area contributed by atoms with Crippen molar-refractivity contribution in [2.24, 2.45) is 0 Å². The third-order valence-electron chi connectivity index (χ3n) is 3.18. The summed E-state index contributed by atoms with van der Waals surface area (Å²) < 4.78 is 24.4. The highest BCUT2D eigenvalue weighted by Gasteiger charge is 2.21. The predicted molar refractivity (Wildman–Crippen MR) is 64.1 cm³/mol. The van der Waals surface area contributed by atoms with E-state index in [2.05, 4.69) is 5.32 Å². The first-order chi connectivity index (χ1) is 8.26. The van der Waals surface area contributed by atoms with Gasteiger partial charge in [0.2, 0.25) is 0 Å². The molecule has 1 N–H and O–H groups in total. The Hall–Kier alpha value is -1.29. The first-order valence-corrected chi connectivity index (χ1v) is 5.91. The Morgan fingerprint density at radius 2 is 2.06 bits per heavy atom. The van der Waals surface area contributed by atoms with E-state index in [1.54, 1.807) is 19.2 Å². The third-order valence-corrected chi connectivity index (χ3v) is 3.18. The summed E-state index contributed by atoms with van der Waals surface area (Å²) in [6.07, 6.45) is 3.23. The van der Waals surface area contributed by atoms with Gasteiger partial charge in [0, 0.05) is 17.7 Å². The van der Waals surface area contributed by atoms with Crippen molar-refractivity contribution >= 4 is 0 Å². The number of benzene rings is 1. The second-order valence-corrected chi connectivity index (χ2v) is 4.24. The maximum Gasteiger partial charge on any atom is 0.170 e. The van der Waals surface area contributed by atoms with Crippen LogP contribution in [0.2, 0.25) is 0 Å². The van der Waals surface area contributed by atoms with Crippen molar-refractivity contribution in [2.45, 2.75) is 25.3 Å². The molecular weight excluding hydrogens is 221 g/mol. The molecule has 1 aromatic carbocycles. The molecule has 1 fully saturated rings. The van der Waals surface area contributed by atoms with Gasteiger partial charge in [-0.25, -0.2) is 4.39 Å². The molecule has 0 saturated carbocycles. The summed E-state index contributed by atoms with van der Waals surface area (Å²) in [5.74, 6) is 0.588. The zero-order chi connectivity index (χ0) is 12.3. The molecule has 0 aliphatic carbocycles. The van der Waals surface area contributed by atoms with E-state index < -0.39 is 0 Å². The van der Waals surface area contributed by atoms with E-state index in [4.69, 9.17) is 9.47 Å². The summed E-state index contributed by atoms with van der Waals surface area (Å²) in [7, 11) is 3.04. The van der Waals surface area contributed by atoms with Crippen LogP contribution in [0.15, 0.2) is 12.1 Å². The standard InChI is InChI=1S/C13H18FNO2/c1-16-9-7-10(11-5-3-4-6-15-11)13(14)12(8-9)17-2/h7-8,11,15H,3-6H2,1-2H3. The monoisotopic (exact) mass is 239 g/mol. The number of piperidine rings is 1. The minimum absolute atomic E-state index is 0.0627. The molecule has 3 nitrogen and oxygen atoms in total. The van der Waals surface area contributed by atoms with E-state index in [0.29, 0.717) is 11.3 Å². The maximum absolute atomic E-state index is 14.2. The van der Waals surface area contributed by atoms with Crippen LogP contribution in [0.25, 0.3) is 0 Å². The second-order valence-electron chi connectivity index (χ2n) is 4.24. The lowest BCUT2D eigenvalue weighted by atomic mass is 9.96. The highest BCUT2D eigenvalue weighted by atomic mass is 19.1. The molecule has 0 bridgehead atoms. The summed E-state index contributed by atoms with van der Waals surface area (Å²) in [6.45, 7) is 0.934. The van der Waals surface area contributed by atoms with Gasteiger partial charge < -0.3 is 14.8 Å². The number of hydrogen-bond acceptors (Lipinski definition) is 3. The fourth-order valence-electron chi connectivity index (χ4n) is 2.23. The van der Waals surface area contributed by atoms with Gasteiger partial charge in [-0.05, 0) is 25.5 Å². The molecule has 1 unspecified atom stereocenters. The minimum atomic E-state index is -0.285. The van der Waals surface area contributed by atoms with Gasteiger partial charge in [-0.3, -0.25) is 0 Å². The van der Waals surface area contributed by atoms with Crippen LogP contribution in [0.3, 0.4) is 0 Å². The van der Waals surface area contributed by atoms with Gasteiger partial charge in [0.1, 0.15) is 5.75 Å². The van der Waals surface area contributed by atoms with E-state index in [1.807, 2.05) is 0 Å². The normalized spacial score (nSPS) is 20.1. The Labute approximate surface area is 101 Å². The predicted octanol–water partition coefficient (Wildman–Crippen LogP) is 2.66. The first kappa shape index (κ1) is 12.2. The van der Waals surface area contributed by atoms with Crippen molar-refractivity contribution in [3.8, 4) is 11.5 Å². The SMILES string of the molecule is COc1cc(OC)c(F)c(C2CCCCN2)c1. The lowest BCUT2D eigenvalue weighted by molar-refractivity contribution is 0.355. The number of hydrogen-bond donors (Lipinski definition) is 1. The maximum atomic E-state index is 14.2. The molecule has 4 heteroatoms. The van der Waals surface area contributed by atoms with Gasteiger partial charge in [-0.2, -0.15) is 0 Å². The first-order valence-electron chi connectivity index (χ1n) is 5.91. The quantitative estimate of drug-likeness (QED) is 0.879. The summed E-state index contributed by atoms with van der Waals surface area (Å²) in [5.41, 5.74) is 0.640. The third kappa shape index (κ3) is 2.52. The van der Waals surface area contributed by atoms with Crippen LogP contribution in [0, 0.1) is 5.82 Å². The number of methoxy groups -OCH3 is 2. The molecule has 17 heavy (non-hydrogen) atoms. The molecule has 1 aromatic rings. The fraction of sp³-hybridized carbons (Fsp3) is 0.538. The number of ether oxygens (including phenoxy) is 2. The van der Waals surface area contributed by atoms with Crippen LogP contribution in [0.5, 0.6) is 11.5 Å². The van der Waals surface area contributed by atoms with E-state index in [-0.39, 0.29) is 17.6 Å². The van der Waals surface area contributed by atoms with Crippen molar-refractivity contribution in [3.63, 3.8) is 0 Å². The summed E-state index contributed by atoms with van der Waals surface area (Å²) in [6, 6.07) is 3.38. The number of rotatable bonds is 3. The highest BCUT2D eigenvalue weighted by Crippen LogP contribution is 2.33. The molecule has 1 aliphatic heterocycles. The molecule has 2 rings (SSSR count). The molecule has 1 aliphatic rings. The molecule has 1 saturated heterocycles. The fourth-order valence-corrected chi connectivity index (χ4v) is 2.23. The Morgan fingerprint density at radius 3 is 2.65 bits per heavy atom. The van der Waals surface area contributed by atoms with Gasteiger partial charge in [-0.15, -0.1) is 0 Å². The van der Waals surface area contributed by atoms with Crippen molar-refractivity contribution in [2.75, 3.05) is 20.8 Å². The highest BCUT2D eigenvalue weighted by molar-refractivity contribution is 5.41. The van der Waals surface area contributed by atoms with E-state index in [0.717, 1.165) is 25.8 Å². The minimum Gasteiger partial charge on any atom is -0.497 e. The van der Waals surface area contributed by atoms with Gasteiger partial charge >= 0.3 is 0 Å². The molecule has 0 aromatic heterocycles. The molecule has 1 atom stereocenters. The Balaban J connectivity index is 2.36. The average Bonchev–Trinajstić information content (AvgIpc) is 2.40. The summed E-state index contributed by atoms with van der Waals surface area (Å²) in [4.78, 5) is 0. The Bertz CT molecular complexity index is 389. The van der Waals surface area contributed by atoms with Crippen LogP contribution in [-0.2, 0) is 0 Å². The smallest absolute Gasteiger partial charge is 0.170 e. The van der Waals surface area contributed by atoms with Gasteiger partial charge in [-0.1, -0.05) is 6.42 Å². The van der Waals surface area contributed by atoms with Crippen LogP contribution in [0.4, 0.5) is 4.39 Å². The lowest BCUT2D eigenvalue weighted by Gasteiger charge is -2.25. The van der Waals surface area contributed by atoms with Gasteiger partial charge in [0.25, 0.3) is 0 Å². The van der Waals surface area contributed by atoms with Crippen LogP contribution >= 0.6 is 0 Å². The largest absolute Gasteiger partial charge is 0.497 e. The van der Waals surface area contributed by atoms with E-state index in [9.17, 15) is 4.39 Å². The van der Waals surface area contributed by atoms with Gasteiger partial charge in [0.15, 0.2) is 11.6 Å². The van der Waals surface area contributed by atoms with E-state index >= 15 is 0 Å². The topological polar surface area (TPSA) is 30.5 Å². The molecular formula is C13H18FNO2. The van der Waals surface area contributed by atoms with Crippen LogP contribution < -0.4 is 14.8 Å². The van der Waals surface area contributed by atoms with Crippen LogP contribution in [0.1, 0.15) is 30.9 Å². The number of nitrogens with one attached hydrogen (secondary N) is 1. The van der Waals surface area contributed by atoms with Crippen molar-refractivity contribution in [1.29, 1.82) is 0 Å². The average molecular weight is 239 g/mol. The molecule has 1 heterocycles. The second kappa shape index (κ2) is 5.36. The Morgan fingerprint density at radius 1 is 1.24 bits per heavy atom. The van der Waals surface area contributed by atoms with Gasteiger partial charge in [0.05, 0.1) is 14.2 Å². The zero-order valence-electron chi connectivity index (χ0n) is 10.3. The zero-order valence-corrected chi connectivity index (χ0v) is 10.3. The molecule has 0 spiro atoms. The summed E-state index contributed by atoms with van der Waals surface area (Å²) >= 11 is 0. The van der Waals surface area contributed by atoms with E-state index in [1.165, 1.54) is 7.11 Å².